The van der Waals surface area contributed by atoms with Crippen molar-refractivity contribution in [3.8, 4) is 5.75 Å². The van der Waals surface area contributed by atoms with E-state index in [0.717, 1.165) is 51.7 Å². The molecule has 5 nitrogen and oxygen atoms in total. The molecule has 1 atom stereocenters. The summed E-state index contributed by atoms with van der Waals surface area (Å²) in [4.78, 5) is 6.07. The summed E-state index contributed by atoms with van der Waals surface area (Å²) in [5.74, 6) is 0.796. The average Bonchev–Trinajstić information content (AvgIpc) is 3.19. The van der Waals surface area contributed by atoms with Gasteiger partial charge in [0.25, 0.3) is 0 Å². The number of aliphatic hydroxyl groups is 1. The topological polar surface area (TPSA) is 45.2 Å². The van der Waals surface area contributed by atoms with E-state index < -0.39 is 6.10 Å². The largest absolute Gasteiger partial charge is 0.491 e. The van der Waals surface area contributed by atoms with Gasteiger partial charge in [-0.1, -0.05) is 24.3 Å². The lowest BCUT2D eigenvalue weighted by Crippen LogP contribution is -2.43. The average molecular weight is 377 g/mol. The summed E-state index contributed by atoms with van der Waals surface area (Å²) < 4.78 is 11.1. The Hall–Kier alpha value is -1.44. The van der Waals surface area contributed by atoms with E-state index in [9.17, 15) is 5.11 Å². The number of hydrogen-bond donors (Lipinski definition) is 1. The van der Waals surface area contributed by atoms with Crippen LogP contribution in [0.15, 0.2) is 47.8 Å². The second-order valence-corrected chi connectivity index (χ2v) is 7.58. The molecular formula is C20H28N2O3S. The van der Waals surface area contributed by atoms with E-state index in [1.54, 1.807) is 11.3 Å². The number of rotatable bonds is 10. The van der Waals surface area contributed by atoms with Crippen LogP contribution in [0.2, 0.25) is 0 Å². The maximum Gasteiger partial charge on any atom is 0.119 e. The van der Waals surface area contributed by atoms with Gasteiger partial charge in [-0.15, -0.1) is 11.3 Å². The smallest absolute Gasteiger partial charge is 0.119 e. The molecule has 26 heavy (non-hydrogen) atoms. The molecule has 0 radical (unpaired) electrons. The van der Waals surface area contributed by atoms with E-state index >= 15 is 0 Å². The summed E-state index contributed by atoms with van der Waals surface area (Å²) in [7, 11) is 0. The number of benzene rings is 1. The molecule has 1 unspecified atom stereocenters. The summed E-state index contributed by atoms with van der Waals surface area (Å²) in [6, 6.07) is 13.9. The second-order valence-electron chi connectivity index (χ2n) is 6.55. The summed E-state index contributed by atoms with van der Waals surface area (Å²) in [6.07, 6.45) is -0.514. The van der Waals surface area contributed by atoms with Gasteiger partial charge in [0.2, 0.25) is 0 Å². The number of hydrogen-bond acceptors (Lipinski definition) is 6. The van der Waals surface area contributed by atoms with E-state index in [4.69, 9.17) is 9.47 Å². The van der Waals surface area contributed by atoms with E-state index in [2.05, 4.69) is 27.3 Å². The van der Waals surface area contributed by atoms with Gasteiger partial charge in [0.05, 0.1) is 13.2 Å². The lowest BCUT2D eigenvalue weighted by molar-refractivity contribution is 0.0257. The van der Waals surface area contributed by atoms with Crippen LogP contribution in [0.4, 0.5) is 0 Å². The van der Waals surface area contributed by atoms with Crippen molar-refractivity contribution in [1.29, 1.82) is 0 Å². The molecule has 1 aliphatic heterocycles. The SMILES string of the molecule is OC(COc1ccccc1)CN(CCN1CCOCC1)Cc1cccs1. The number of morpholine rings is 1. The number of aliphatic hydroxyl groups excluding tert-OH is 1. The zero-order valence-electron chi connectivity index (χ0n) is 15.1. The van der Waals surface area contributed by atoms with Crippen LogP contribution in [0.1, 0.15) is 4.88 Å². The minimum Gasteiger partial charge on any atom is -0.491 e. The Morgan fingerprint density at radius 1 is 1.15 bits per heavy atom. The van der Waals surface area contributed by atoms with Crippen LogP contribution in [0.25, 0.3) is 0 Å². The second kappa shape index (κ2) is 10.6. The van der Waals surface area contributed by atoms with Crippen LogP contribution in [-0.2, 0) is 11.3 Å². The summed E-state index contributed by atoms with van der Waals surface area (Å²) in [5, 5.41) is 12.6. The lowest BCUT2D eigenvalue weighted by atomic mass is 10.3. The van der Waals surface area contributed by atoms with Gasteiger partial charge < -0.3 is 14.6 Å². The highest BCUT2D eigenvalue weighted by molar-refractivity contribution is 7.09. The standard InChI is InChI=1S/C20H28N2O3S/c23-18(17-25-19-5-2-1-3-6-19)15-22(16-20-7-4-14-26-20)9-8-21-10-12-24-13-11-21/h1-7,14,18,23H,8-13,15-17H2. The first-order valence-corrected chi connectivity index (χ1v) is 10.1. The van der Waals surface area contributed by atoms with Crippen molar-refractivity contribution >= 4 is 11.3 Å². The van der Waals surface area contributed by atoms with Crippen LogP contribution in [-0.4, -0.2) is 73.6 Å². The molecule has 3 rings (SSSR count). The maximum atomic E-state index is 10.4. The zero-order valence-corrected chi connectivity index (χ0v) is 15.9. The van der Waals surface area contributed by atoms with Gasteiger partial charge in [-0.05, 0) is 23.6 Å². The third-order valence-corrected chi connectivity index (χ3v) is 5.31. The van der Waals surface area contributed by atoms with Gasteiger partial charge >= 0.3 is 0 Å². The molecule has 0 aliphatic carbocycles. The monoisotopic (exact) mass is 376 g/mol. The highest BCUT2D eigenvalue weighted by atomic mass is 32.1. The van der Waals surface area contributed by atoms with E-state index in [1.807, 2.05) is 30.3 Å². The van der Waals surface area contributed by atoms with Gasteiger partial charge in [0.15, 0.2) is 0 Å². The molecule has 1 saturated heterocycles. The van der Waals surface area contributed by atoms with Crippen LogP contribution in [0.3, 0.4) is 0 Å². The predicted octanol–water partition coefficient (Wildman–Crippen LogP) is 2.32. The molecule has 1 aliphatic rings. The Kier molecular flexibility index (Phi) is 7.91. The van der Waals surface area contributed by atoms with Crippen molar-refractivity contribution in [2.75, 3.05) is 52.5 Å². The van der Waals surface area contributed by atoms with Crippen LogP contribution in [0.5, 0.6) is 5.75 Å². The fraction of sp³-hybridized carbons (Fsp3) is 0.500. The van der Waals surface area contributed by atoms with E-state index in [0.29, 0.717) is 13.2 Å². The summed E-state index contributed by atoms with van der Waals surface area (Å²) in [5.41, 5.74) is 0. The number of nitrogens with zero attached hydrogens (tertiary/aromatic N) is 2. The molecule has 1 fully saturated rings. The predicted molar refractivity (Wildman–Crippen MR) is 105 cm³/mol. The van der Waals surface area contributed by atoms with E-state index in [1.165, 1.54) is 4.88 Å². The molecule has 142 valence electrons. The Labute approximate surface area is 159 Å². The van der Waals surface area contributed by atoms with Gasteiger partial charge in [-0.2, -0.15) is 0 Å². The molecule has 1 N–H and O–H groups in total. The number of ether oxygens (including phenoxy) is 2. The van der Waals surface area contributed by atoms with Crippen molar-refractivity contribution in [3.63, 3.8) is 0 Å². The molecule has 0 saturated carbocycles. The van der Waals surface area contributed by atoms with Crippen molar-refractivity contribution in [2.24, 2.45) is 0 Å². The molecule has 0 bridgehead atoms. The molecule has 1 aromatic heterocycles. The van der Waals surface area contributed by atoms with E-state index in [-0.39, 0.29) is 0 Å². The van der Waals surface area contributed by atoms with Crippen molar-refractivity contribution < 1.29 is 14.6 Å². The Bertz CT molecular complexity index is 603. The zero-order chi connectivity index (χ0) is 18.0. The van der Waals surface area contributed by atoms with Crippen LogP contribution >= 0.6 is 11.3 Å². The highest BCUT2D eigenvalue weighted by Gasteiger charge is 2.16. The minimum atomic E-state index is -0.514. The fourth-order valence-electron chi connectivity index (χ4n) is 3.03. The molecule has 6 heteroatoms. The molecule has 2 aromatic rings. The first-order chi connectivity index (χ1) is 12.8. The Balaban J connectivity index is 1.48. The van der Waals surface area contributed by atoms with Crippen LogP contribution < -0.4 is 4.74 Å². The maximum absolute atomic E-state index is 10.4. The normalized spacial score (nSPS) is 16.7. The Morgan fingerprint density at radius 3 is 2.69 bits per heavy atom. The lowest BCUT2D eigenvalue weighted by Gasteiger charge is -2.30. The third kappa shape index (κ3) is 6.70. The van der Waals surface area contributed by atoms with Gasteiger partial charge in [-0.3, -0.25) is 9.80 Å². The first kappa shape index (κ1) is 19.3. The van der Waals surface area contributed by atoms with Crippen LogP contribution in [0, 0.1) is 0 Å². The molecular weight excluding hydrogens is 348 g/mol. The first-order valence-electron chi connectivity index (χ1n) is 9.20. The van der Waals surface area contributed by atoms with Crippen molar-refractivity contribution in [1.82, 2.24) is 9.80 Å². The quantitative estimate of drug-likeness (QED) is 0.690. The fourth-order valence-corrected chi connectivity index (χ4v) is 3.77. The molecule has 1 aromatic carbocycles. The molecule has 0 spiro atoms. The number of thiophene rings is 1. The van der Waals surface area contributed by atoms with Gasteiger partial charge in [0.1, 0.15) is 18.5 Å². The van der Waals surface area contributed by atoms with Gasteiger partial charge in [-0.25, -0.2) is 0 Å². The van der Waals surface area contributed by atoms with Crippen molar-refractivity contribution in [3.05, 3.63) is 52.7 Å². The molecule has 0 amide bonds. The summed E-state index contributed by atoms with van der Waals surface area (Å²) >= 11 is 1.76. The Morgan fingerprint density at radius 2 is 1.96 bits per heavy atom. The van der Waals surface area contributed by atoms with Crippen molar-refractivity contribution in [2.45, 2.75) is 12.6 Å². The van der Waals surface area contributed by atoms with Gasteiger partial charge in [0, 0.05) is 44.1 Å². The highest BCUT2D eigenvalue weighted by Crippen LogP contribution is 2.13. The third-order valence-electron chi connectivity index (χ3n) is 4.45. The number of para-hydroxylation sites is 1. The minimum absolute atomic E-state index is 0.308. The molecule has 2 heterocycles. The summed E-state index contributed by atoms with van der Waals surface area (Å²) in [6.45, 7) is 7.33.